The Kier molecular flexibility index (Phi) is 7.68. The Balaban J connectivity index is 1.95. The first-order valence-corrected chi connectivity index (χ1v) is 11.7. The predicted molar refractivity (Wildman–Crippen MR) is 131 cm³/mol. The zero-order valence-electron chi connectivity index (χ0n) is 19.5. The minimum Gasteiger partial charge on any atom is -0.494 e. The lowest BCUT2D eigenvalue weighted by atomic mass is 9.97. The number of ether oxygens (including phenoxy) is 1. The van der Waals surface area contributed by atoms with Crippen LogP contribution in [-0.4, -0.2) is 49.1 Å². The van der Waals surface area contributed by atoms with E-state index in [2.05, 4.69) is 51.7 Å². The van der Waals surface area contributed by atoms with Gasteiger partial charge in [0.2, 0.25) is 5.91 Å². The molecule has 1 heterocycles. The maximum Gasteiger partial charge on any atom is 0.233 e. The van der Waals surface area contributed by atoms with E-state index in [1.54, 1.807) is 18.4 Å². The van der Waals surface area contributed by atoms with Gasteiger partial charge in [0.05, 0.1) is 18.2 Å². The third kappa shape index (κ3) is 5.25. The monoisotopic (exact) mass is 439 g/mol. The number of hydrogen-bond donors (Lipinski definition) is 0. The van der Waals surface area contributed by atoms with Gasteiger partial charge < -0.3 is 9.64 Å². The highest BCUT2D eigenvalue weighted by molar-refractivity contribution is 7.22. The second-order valence-corrected chi connectivity index (χ2v) is 8.94. The first-order valence-electron chi connectivity index (χ1n) is 10.9. The number of para-hydroxylation sites is 1. The molecule has 5 nitrogen and oxygen atoms in total. The van der Waals surface area contributed by atoms with Crippen molar-refractivity contribution in [3.05, 3.63) is 52.6 Å². The van der Waals surface area contributed by atoms with Crippen molar-refractivity contribution >= 4 is 32.6 Å². The number of thiazole rings is 1. The molecule has 0 saturated carbocycles. The average molecular weight is 440 g/mol. The number of nitrogens with zero attached hydrogens (tertiary/aromatic N) is 3. The van der Waals surface area contributed by atoms with Gasteiger partial charge in [-0.3, -0.25) is 9.69 Å². The minimum atomic E-state index is 0.0835. The molecular weight excluding hydrogens is 406 g/mol. The maximum atomic E-state index is 13.6. The van der Waals surface area contributed by atoms with Crippen molar-refractivity contribution in [3.63, 3.8) is 0 Å². The summed E-state index contributed by atoms with van der Waals surface area (Å²) in [5.74, 6) is 0.821. The third-order valence-electron chi connectivity index (χ3n) is 5.83. The van der Waals surface area contributed by atoms with Crippen LogP contribution in [-0.2, 0) is 11.2 Å². The lowest BCUT2D eigenvalue weighted by Crippen LogP contribution is -2.39. The average Bonchev–Trinajstić information content (AvgIpc) is 3.17. The first-order chi connectivity index (χ1) is 14.9. The van der Waals surface area contributed by atoms with Gasteiger partial charge in [0.1, 0.15) is 11.3 Å². The highest BCUT2D eigenvalue weighted by atomic mass is 32.1. The SMILES string of the molecule is CCN(CC)CCN(C(=O)Cc1c(C)cc(C)cc1C)c1nc2c(OC)cccc2s1. The zero-order valence-corrected chi connectivity index (χ0v) is 20.3. The molecule has 0 unspecified atom stereocenters. The van der Waals surface area contributed by atoms with Crippen molar-refractivity contribution in [2.24, 2.45) is 0 Å². The first kappa shape index (κ1) is 23.2. The molecule has 0 spiro atoms. The fraction of sp³-hybridized carbons (Fsp3) is 0.440. The number of likely N-dealkylation sites (N-methyl/N-ethyl adjacent to an activating group) is 1. The summed E-state index contributed by atoms with van der Waals surface area (Å²) in [4.78, 5) is 22.6. The fourth-order valence-corrected chi connectivity index (χ4v) is 5.06. The van der Waals surface area contributed by atoms with E-state index >= 15 is 0 Å². The molecule has 0 N–H and O–H groups in total. The Labute approximate surface area is 189 Å². The molecule has 166 valence electrons. The summed E-state index contributed by atoms with van der Waals surface area (Å²) in [6, 6.07) is 10.2. The van der Waals surface area contributed by atoms with Crippen LogP contribution in [0.5, 0.6) is 5.75 Å². The molecule has 0 radical (unpaired) electrons. The van der Waals surface area contributed by atoms with Gasteiger partial charge in [0.25, 0.3) is 0 Å². The summed E-state index contributed by atoms with van der Waals surface area (Å²) in [6.07, 6.45) is 0.378. The van der Waals surface area contributed by atoms with Gasteiger partial charge in [-0.1, -0.05) is 48.9 Å². The van der Waals surface area contributed by atoms with Crippen molar-refractivity contribution in [2.75, 3.05) is 38.2 Å². The standard InChI is InChI=1S/C25H33N3O2S/c1-7-27(8-2)12-13-28(23(29)16-20-18(4)14-17(3)15-19(20)5)25-26-24-21(30-6)10-9-11-22(24)31-25/h9-11,14-15H,7-8,12-13,16H2,1-6H3. The number of aryl methyl sites for hydroxylation is 3. The summed E-state index contributed by atoms with van der Waals surface area (Å²) in [5.41, 5.74) is 5.49. The van der Waals surface area contributed by atoms with E-state index in [0.717, 1.165) is 46.3 Å². The van der Waals surface area contributed by atoms with Gasteiger partial charge in [0, 0.05) is 13.1 Å². The van der Waals surface area contributed by atoms with Crippen LogP contribution in [0.25, 0.3) is 10.2 Å². The molecular formula is C25H33N3O2S. The molecule has 0 atom stereocenters. The Morgan fingerprint density at radius 2 is 1.74 bits per heavy atom. The van der Waals surface area contributed by atoms with Crippen LogP contribution >= 0.6 is 11.3 Å². The van der Waals surface area contributed by atoms with Gasteiger partial charge in [-0.15, -0.1) is 0 Å². The smallest absolute Gasteiger partial charge is 0.233 e. The molecule has 0 fully saturated rings. The quantitative estimate of drug-likeness (QED) is 0.463. The van der Waals surface area contributed by atoms with Gasteiger partial charge in [0.15, 0.2) is 5.13 Å². The van der Waals surface area contributed by atoms with Crippen molar-refractivity contribution in [1.82, 2.24) is 9.88 Å². The zero-order chi connectivity index (χ0) is 22.5. The summed E-state index contributed by atoms with van der Waals surface area (Å²) in [7, 11) is 1.65. The highest BCUT2D eigenvalue weighted by Gasteiger charge is 2.23. The summed E-state index contributed by atoms with van der Waals surface area (Å²) < 4.78 is 6.51. The van der Waals surface area contributed by atoms with Crippen LogP contribution in [0.1, 0.15) is 36.1 Å². The molecule has 3 rings (SSSR count). The number of carbonyl (C=O) groups excluding carboxylic acids is 1. The lowest BCUT2D eigenvalue weighted by Gasteiger charge is -2.25. The molecule has 0 aliphatic rings. The number of anilines is 1. The van der Waals surface area contributed by atoms with Gasteiger partial charge in [-0.05, 0) is 62.7 Å². The normalized spacial score (nSPS) is 11.3. The van der Waals surface area contributed by atoms with Crippen LogP contribution in [0.3, 0.4) is 0 Å². The Hall–Kier alpha value is -2.44. The predicted octanol–water partition coefficient (Wildman–Crippen LogP) is 5.15. The van der Waals surface area contributed by atoms with E-state index in [1.165, 1.54) is 16.7 Å². The number of rotatable bonds is 9. The van der Waals surface area contributed by atoms with Crippen molar-refractivity contribution in [1.29, 1.82) is 0 Å². The molecule has 3 aromatic rings. The molecule has 0 aliphatic heterocycles. The summed E-state index contributed by atoms with van der Waals surface area (Å²) in [5, 5.41) is 0.735. The molecule has 0 saturated heterocycles. The highest BCUT2D eigenvalue weighted by Crippen LogP contribution is 2.34. The van der Waals surface area contributed by atoms with Crippen LogP contribution in [0, 0.1) is 20.8 Å². The number of hydrogen-bond acceptors (Lipinski definition) is 5. The number of benzene rings is 2. The fourth-order valence-electron chi connectivity index (χ4n) is 4.04. The Bertz CT molecular complexity index is 1030. The van der Waals surface area contributed by atoms with E-state index in [9.17, 15) is 4.79 Å². The molecule has 31 heavy (non-hydrogen) atoms. The summed E-state index contributed by atoms with van der Waals surface area (Å²) >= 11 is 1.55. The van der Waals surface area contributed by atoms with Gasteiger partial charge >= 0.3 is 0 Å². The second-order valence-electron chi connectivity index (χ2n) is 7.93. The summed E-state index contributed by atoms with van der Waals surface area (Å²) in [6.45, 7) is 13.9. The Morgan fingerprint density at radius 1 is 1.06 bits per heavy atom. The van der Waals surface area contributed by atoms with Gasteiger partial charge in [-0.25, -0.2) is 4.98 Å². The maximum absolute atomic E-state index is 13.6. The number of amides is 1. The van der Waals surface area contributed by atoms with Crippen molar-refractivity contribution in [2.45, 2.75) is 41.0 Å². The molecule has 1 aromatic heterocycles. The lowest BCUT2D eigenvalue weighted by molar-refractivity contribution is -0.118. The van der Waals surface area contributed by atoms with Crippen LogP contribution < -0.4 is 9.64 Å². The molecule has 6 heteroatoms. The minimum absolute atomic E-state index is 0.0835. The number of fused-ring (bicyclic) bond motifs is 1. The van der Waals surface area contributed by atoms with Gasteiger partial charge in [-0.2, -0.15) is 0 Å². The third-order valence-corrected chi connectivity index (χ3v) is 6.87. The molecule has 0 bridgehead atoms. The molecule has 1 amide bonds. The van der Waals surface area contributed by atoms with E-state index in [4.69, 9.17) is 9.72 Å². The topological polar surface area (TPSA) is 45.7 Å². The largest absolute Gasteiger partial charge is 0.494 e. The van der Waals surface area contributed by atoms with E-state index in [1.807, 2.05) is 23.1 Å². The number of methoxy groups -OCH3 is 1. The van der Waals surface area contributed by atoms with Crippen LogP contribution in [0.15, 0.2) is 30.3 Å². The number of aromatic nitrogens is 1. The second kappa shape index (κ2) is 10.2. The van der Waals surface area contributed by atoms with Crippen LogP contribution in [0.4, 0.5) is 5.13 Å². The number of carbonyl (C=O) groups is 1. The van der Waals surface area contributed by atoms with Crippen molar-refractivity contribution < 1.29 is 9.53 Å². The molecule has 2 aromatic carbocycles. The van der Waals surface area contributed by atoms with E-state index in [0.29, 0.717) is 13.0 Å². The Morgan fingerprint density at radius 3 is 2.35 bits per heavy atom. The van der Waals surface area contributed by atoms with Crippen LogP contribution in [0.2, 0.25) is 0 Å². The van der Waals surface area contributed by atoms with E-state index in [-0.39, 0.29) is 5.91 Å². The van der Waals surface area contributed by atoms with Crippen molar-refractivity contribution in [3.8, 4) is 5.75 Å². The molecule has 0 aliphatic carbocycles. The van der Waals surface area contributed by atoms with E-state index < -0.39 is 0 Å².